The molecule has 0 unspecified atom stereocenters. The highest BCUT2D eigenvalue weighted by atomic mass is 32.2. The summed E-state index contributed by atoms with van der Waals surface area (Å²) in [5.74, 6) is 0.978. The van der Waals surface area contributed by atoms with Gasteiger partial charge >= 0.3 is 0 Å². The van der Waals surface area contributed by atoms with Crippen molar-refractivity contribution in [2.24, 2.45) is 4.99 Å². The van der Waals surface area contributed by atoms with E-state index in [1.54, 1.807) is 37.0 Å². The first-order valence-corrected chi connectivity index (χ1v) is 10.2. The molecule has 0 amide bonds. The molecule has 0 bridgehead atoms. The molecule has 1 aliphatic heterocycles. The van der Waals surface area contributed by atoms with Gasteiger partial charge < -0.3 is 4.98 Å². The number of sulfonamides is 1. The normalized spacial score (nSPS) is 14.7. The molecule has 3 heterocycles. The summed E-state index contributed by atoms with van der Waals surface area (Å²) in [6, 6.07) is 12.5. The van der Waals surface area contributed by atoms with Crippen LogP contribution >= 0.6 is 11.8 Å². The van der Waals surface area contributed by atoms with Gasteiger partial charge in [0.25, 0.3) is 10.0 Å². The Bertz CT molecular complexity index is 1060. The Labute approximate surface area is 150 Å². The number of nitrogens with zero attached hydrogens (tertiary/aromatic N) is 3. The van der Waals surface area contributed by atoms with Crippen LogP contribution in [0.3, 0.4) is 0 Å². The first kappa shape index (κ1) is 16.2. The number of anilines is 1. The highest BCUT2D eigenvalue weighted by molar-refractivity contribution is 8.14. The molecule has 0 fully saturated rings. The highest BCUT2D eigenvalue weighted by Gasteiger charge is 2.24. The van der Waals surface area contributed by atoms with Gasteiger partial charge in [-0.3, -0.25) is 9.30 Å². The minimum atomic E-state index is -3.73. The SMILES string of the molecule is CN(c1cccc2cc(C3=NCCS3)[nH]c12)S(=O)(=O)c1ccccn1. The maximum Gasteiger partial charge on any atom is 0.281 e. The van der Waals surface area contributed by atoms with Gasteiger partial charge in [-0.1, -0.05) is 18.2 Å². The molecule has 0 radical (unpaired) electrons. The average molecular weight is 372 g/mol. The van der Waals surface area contributed by atoms with Crippen LogP contribution in [0.2, 0.25) is 0 Å². The van der Waals surface area contributed by atoms with Crippen LogP contribution in [0.5, 0.6) is 0 Å². The number of hydrogen-bond acceptors (Lipinski definition) is 5. The van der Waals surface area contributed by atoms with Crippen molar-refractivity contribution in [1.82, 2.24) is 9.97 Å². The van der Waals surface area contributed by atoms with Gasteiger partial charge in [0.1, 0.15) is 5.04 Å². The molecular formula is C17H16N4O2S2. The zero-order valence-corrected chi connectivity index (χ0v) is 15.1. The number of aromatic nitrogens is 2. The highest BCUT2D eigenvalue weighted by Crippen LogP contribution is 2.31. The summed E-state index contributed by atoms with van der Waals surface area (Å²) in [5, 5.41) is 1.94. The minimum absolute atomic E-state index is 0.0250. The van der Waals surface area contributed by atoms with Crippen LogP contribution < -0.4 is 4.31 Å². The van der Waals surface area contributed by atoms with Crippen LogP contribution in [0, 0.1) is 0 Å². The third-order valence-electron chi connectivity index (χ3n) is 4.05. The van der Waals surface area contributed by atoms with Crippen molar-refractivity contribution in [3.8, 4) is 0 Å². The summed E-state index contributed by atoms with van der Waals surface area (Å²) >= 11 is 1.70. The molecule has 1 aromatic carbocycles. The van der Waals surface area contributed by atoms with E-state index in [9.17, 15) is 8.42 Å². The lowest BCUT2D eigenvalue weighted by Crippen LogP contribution is -2.27. The van der Waals surface area contributed by atoms with Crippen LogP contribution in [-0.2, 0) is 10.0 Å². The van der Waals surface area contributed by atoms with Gasteiger partial charge in [0.15, 0.2) is 5.03 Å². The number of fused-ring (bicyclic) bond motifs is 1. The number of rotatable bonds is 4. The lowest BCUT2D eigenvalue weighted by molar-refractivity contribution is 0.590. The van der Waals surface area contributed by atoms with E-state index in [4.69, 9.17) is 0 Å². The third-order valence-corrected chi connectivity index (χ3v) is 6.75. The summed E-state index contributed by atoms with van der Waals surface area (Å²) in [6.07, 6.45) is 1.48. The molecule has 6 nitrogen and oxygen atoms in total. The van der Waals surface area contributed by atoms with E-state index in [1.165, 1.54) is 16.6 Å². The second-order valence-corrected chi connectivity index (χ2v) is 8.60. The first-order valence-electron chi connectivity index (χ1n) is 7.77. The van der Waals surface area contributed by atoms with Crippen molar-refractivity contribution in [3.63, 3.8) is 0 Å². The van der Waals surface area contributed by atoms with Crippen molar-refractivity contribution in [2.75, 3.05) is 23.7 Å². The molecular weight excluding hydrogens is 356 g/mol. The van der Waals surface area contributed by atoms with Gasteiger partial charge in [-0.2, -0.15) is 8.42 Å². The molecule has 1 N–H and O–H groups in total. The van der Waals surface area contributed by atoms with Gasteiger partial charge in [-0.05, 0) is 24.3 Å². The van der Waals surface area contributed by atoms with Gasteiger partial charge in [-0.25, -0.2) is 4.98 Å². The molecule has 0 spiro atoms. The fourth-order valence-corrected chi connectivity index (χ4v) is 4.75. The lowest BCUT2D eigenvalue weighted by atomic mass is 10.2. The van der Waals surface area contributed by atoms with Gasteiger partial charge in [-0.15, -0.1) is 11.8 Å². The average Bonchev–Trinajstić information content (AvgIpc) is 3.30. The topological polar surface area (TPSA) is 78.4 Å². The number of thioether (sulfide) groups is 1. The molecule has 8 heteroatoms. The Morgan fingerprint density at radius 3 is 2.80 bits per heavy atom. The van der Waals surface area contributed by atoms with E-state index in [1.807, 2.05) is 18.2 Å². The van der Waals surface area contributed by atoms with Crippen molar-refractivity contribution in [1.29, 1.82) is 0 Å². The Balaban J connectivity index is 1.81. The summed E-state index contributed by atoms with van der Waals surface area (Å²) in [4.78, 5) is 11.8. The quantitative estimate of drug-likeness (QED) is 0.764. The van der Waals surface area contributed by atoms with Crippen LogP contribution in [-0.4, -0.2) is 42.8 Å². The lowest BCUT2D eigenvalue weighted by Gasteiger charge is -2.19. The number of H-pyrrole nitrogens is 1. The van der Waals surface area contributed by atoms with E-state index >= 15 is 0 Å². The number of pyridine rings is 1. The van der Waals surface area contributed by atoms with Crippen LogP contribution in [0.25, 0.3) is 10.9 Å². The second-order valence-electron chi connectivity index (χ2n) is 5.60. The van der Waals surface area contributed by atoms with Crippen LogP contribution in [0.4, 0.5) is 5.69 Å². The number of aromatic amines is 1. The molecule has 3 aromatic rings. The molecule has 0 saturated heterocycles. The fraction of sp³-hybridized carbons (Fsp3) is 0.176. The van der Waals surface area contributed by atoms with Gasteiger partial charge in [0.05, 0.1) is 16.9 Å². The molecule has 0 saturated carbocycles. The third kappa shape index (κ3) is 2.81. The van der Waals surface area contributed by atoms with E-state index in [0.29, 0.717) is 5.69 Å². The maximum absolute atomic E-state index is 12.9. The summed E-state index contributed by atoms with van der Waals surface area (Å²) in [6.45, 7) is 0.816. The van der Waals surface area contributed by atoms with Crippen molar-refractivity contribution in [2.45, 2.75) is 5.03 Å². The number of hydrogen-bond donors (Lipinski definition) is 1. The zero-order chi connectivity index (χ0) is 17.4. The number of para-hydroxylation sites is 1. The fourth-order valence-electron chi connectivity index (χ4n) is 2.79. The van der Waals surface area contributed by atoms with Gasteiger partial charge in [0, 0.05) is 30.9 Å². The minimum Gasteiger partial charge on any atom is -0.351 e. The number of benzene rings is 1. The second kappa shape index (κ2) is 6.20. The van der Waals surface area contributed by atoms with E-state index in [2.05, 4.69) is 15.0 Å². The smallest absolute Gasteiger partial charge is 0.281 e. The zero-order valence-electron chi connectivity index (χ0n) is 13.5. The standard InChI is InChI=1S/C17H16N4O2S2/c1-21(25(22,23)15-7-2-3-8-18-15)14-6-4-5-12-11-13(20-16(12)14)17-19-9-10-24-17/h2-8,11,20H,9-10H2,1H3. The maximum atomic E-state index is 12.9. The molecule has 1 aliphatic rings. The van der Waals surface area contributed by atoms with Crippen molar-refractivity contribution < 1.29 is 8.42 Å². The van der Waals surface area contributed by atoms with Crippen LogP contribution in [0.1, 0.15) is 5.69 Å². The number of nitrogens with one attached hydrogen (secondary N) is 1. The summed E-state index contributed by atoms with van der Waals surface area (Å²) in [5.41, 5.74) is 2.28. The largest absolute Gasteiger partial charge is 0.351 e. The molecule has 4 rings (SSSR count). The Morgan fingerprint density at radius 2 is 2.08 bits per heavy atom. The Morgan fingerprint density at radius 1 is 1.20 bits per heavy atom. The molecule has 25 heavy (non-hydrogen) atoms. The summed E-state index contributed by atoms with van der Waals surface area (Å²) in [7, 11) is -2.18. The molecule has 2 aromatic heterocycles. The van der Waals surface area contributed by atoms with Gasteiger partial charge in [0.2, 0.25) is 0 Å². The van der Waals surface area contributed by atoms with Crippen molar-refractivity contribution in [3.05, 3.63) is 54.4 Å². The van der Waals surface area contributed by atoms with E-state index in [-0.39, 0.29) is 5.03 Å². The van der Waals surface area contributed by atoms with E-state index < -0.39 is 10.0 Å². The first-order chi connectivity index (χ1) is 12.1. The Hall–Kier alpha value is -2.32. The monoisotopic (exact) mass is 372 g/mol. The Kier molecular flexibility index (Phi) is 4.01. The molecule has 0 atom stereocenters. The molecule has 128 valence electrons. The van der Waals surface area contributed by atoms with Crippen LogP contribution in [0.15, 0.2) is 58.7 Å². The molecule has 0 aliphatic carbocycles. The predicted octanol–water partition coefficient (Wildman–Crippen LogP) is 2.88. The predicted molar refractivity (Wildman–Crippen MR) is 102 cm³/mol. The number of aliphatic imine (C=N–C) groups is 1. The summed E-state index contributed by atoms with van der Waals surface area (Å²) < 4.78 is 27.0. The van der Waals surface area contributed by atoms with Crippen molar-refractivity contribution >= 4 is 43.4 Å². The van der Waals surface area contributed by atoms with E-state index in [0.717, 1.165) is 33.9 Å².